The first kappa shape index (κ1) is 15.1. The molecule has 0 aliphatic carbocycles. The van der Waals surface area contributed by atoms with Gasteiger partial charge in [0.05, 0.1) is 0 Å². The largest absolute Gasteiger partial charge is 0.330 e. The number of rotatable bonds is 1. The van der Waals surface area contributed by atoms with Crippen molar-refractivity contribution in [1.29, 1.82) is 0 Å². The third-order valence-electron chi connectivity index (χ3n) is 1.80. The smallest absolute Gasteiger partial charge is 0.230 e. The molecule has 0 aromatic carbocycles. The third kappa shape index (κ3) is 2.83. The number of carbonyl (C=O) groups excluding carboxylic acids is 3. The predicted octanol–water partition coefficient (Wildman–Crippen LogP) is -0.776. The van der Waals surface area contributed by atoms with Crippen LogP contribution in [0.2, 0.25) is 0 Å². The summed E-state index contributed by atoms with van der Waals surface area (Å²) in [4.78, 5) is 34.5. The van der Waals surface area contributed by atoms with Gasteiger partial charge in [0.2, 0.25) is 11.8 Å². The topological polar surface area (TPSA) is 78.8 Å². The molecule has 1 radical (unpaired) electrons. The molecule has 0 bridgehead atoms. The molecule has 1 rings (SSSR count). The van der Waals surface area contributed by atoms with Crippen molar-refractivity contribution in [3.8, 4) is 0 Å². The van der Waals surface area contributed by atoms with Gasteiger partial charge in [-0.3, -0.25) is 19.5 Å². The van der Waals surface area contributed by atoms with Crippen LogP contribution in [-0.2, 0) is 47.1 Å². The van der Waals surface area contributed by atoms with E-state index < -0.39 is 17.7 Å². The monoisotopic (exact) mass is 297 g/mol. The van der Waals surface area contributed by atoms with E-state index in [2.05, 4.69) is 16.6 Å². The first-order valence-corrected chi connectivity index (χ1v) is 4.23. The molecule has 6 nitrogen and oxygen atoms in total. The number of hydrogen-bond donors (Lipinski definition) is 1. The van der Waals surface area contributed by atoms with Crippen LogP contribution in [0.1, 0.15) is 13.8 Å². The SMILES string of the molecule is CN/N=C1/C(=O)N(C(C)=O)C(=O)[C-]=C1C.[Y]. The molecule has 1 N–H and O–H groups in total. The maximum absolute atomic E-state index is 11.6. The van der Waals surface area contributed by atoms with Gasteiger partial charge in [0.1, 0.15) is 0 Å². The molecule has 83 valence electrons. The molecule has 7 heteroatoms. The fourth-order valence-electron chi connectivity index (χ4n) is 1.16. The quantitative estimate of drug-likeness (QED) is 0.391. The van der Waals surface area contributed by atoms with Crippen molar-refractivity contribution < 1.29 is 47.1 Å². The normalized spacial score (nSPS) is 18.1. The summed E-state index contributed by atoms with van der Waals surface area (Å²) in [6.45, 7) is 2.67. The minimum atomic E-state index is -0.750. The van der Waals surface area contributed by atoms with Crippen molar-refractivity contribution >= 4 is 23.4 Å². The molecule has 16 heavy (non-hydrogen) atoms. The second-order valence-corrected chi connectivity index (χ2v) is 2.90. The molecule has 1 aliphatic rings. The molecule has 0 spiro atoms. The standard InChI is InChI=1S/C9H10N3O3.Y/c1-5-4-7(14)12(6(2)13)9(15)8(5)11-10-3;/h10H,1-3H3;/q-1;/b11-8+;. The van der Waals surface area contributed by atoms with Gasteiger partial charge in [0, 0.05) is 46.7 Å². The fourth-order valence-corrected chi connectivity index (χ4v) is 1.16. The Morgan fingerprint density at radius 2 is 2.00 bits per heavy atom. The average Bonchev–Trinajstić information content (AvgIpc) is 2.11. The molecular weight excluding hydrogens is 287 g/mol. The van der Waals surface area contributed by atoms with Gasteiger partial charge in [-0.1, -0.05) is 6.92 Å². The molecular formula is C9H10N3O3Y-. The Morgan fingerprint density at radius 3 is 2.44 bits per heavy atom. The molecule has 1 heterocycles. The number of hydrazone groups is 1. The van der Waals surface area contributed by atoms with Gasteiger partial charge in [-0.05, 0) is 5.71 Å². The predicted molar refractivity (Wildman–Crippen MR) is 51.5 cm³/mol. The summed E-state index contributed by atoms with van der Waals surface area (Å²) in [5.41, 5.74) is 2.77. The Kier molecular flexibility index (Phi) is 5.68. The Bertz CT molecular complexity index is 401. The molecule has 0 aromatic heterocycles. The number of nitrogens with zero attached hydrogens (tertiary/aromatic N) is 2. The van der Waals surface area contributed by atoms with Gasteiger partial charge in [-0.15, -0.1) is 0 Å². The summed E-state index contributed by atoms with van der Waals surface area (Å²) in [6, 6.07) is 0. The zero-order valence-corrected chi connectivity index (χ0v) is 12.0. The van der Waals surface area contributed by atoms with Gasteiger partial charge >= 0.3 is 0 Å². The van der Waals surface area contributed by atoms with E-state index in [1.54, 1.807) is 0 Å². The van der Waals surface area contributed by atoms with Crippen molar-refractivity contribution in [3.05, 3.63) is 11.6 Å². The van der Waals surface area contributed by atoms with Crippen molar-refractivity contribution in [2.45, 2.75) is 13.8 Å². The average molecular weight is 297 g/mol. The molecule has 0 aromatic rings. The van der Waals surface area contributed by atoms with E-state index >= 15 is 0 Å². The minimum absolute atomic E-state index is 0. The molecule has 0 unspecified atom stereocenters. The maximum atomic E-state index is 11.6. The van der Waals surface area contributed by atoms with E-state index in [1.807, 2.05) is 0 Å². The van der Waals surface area contributed by atoms with Gasteiger partial charge < -0.3 is 5.43 Å². The molecule has 0 atom stereocenters. The molecule has 0 saturated heterocycles. The number of amides is 3. The van der Waals surface area contributed by atoms with E-state index in [4.69, 9.17) is 0 Å². The van der Waals surface area contributed by atoms with Crippen molar-refractivity contribution in [2.24, 2.45) is 5.10 Å². The van der Waals surface area contributed by atoms with Crippen LogP contribution in [0.15, 0.2) is 10.7 Å². The van der Waals surface area contributed by atoms with E-state index in [9.17, 15) is 14.4 Å². The van der Waals surface area contributed by atoms with Crippen molar-refractivity contribution in [2.75, 3.05) is 7.05 Å². The van der Waals surface area contributed by atoms with E-state index in [1.165, 1.54) is 14.0 Å². The Hall–Kier alpha value is -0.876. The van der Waals surface area contributed by atoms with Crippen LogP contribution in [0.3, 0.4) is 0 Å². The molecule has 0 fully saturated rings. The first-order chi connectivity index (χ1) is 6.99. The number of nitrogens with one attached hydrogen (secondary N) is 1. The first-order valence-electron chi connectivity index (χ1n) is 4.23. The van der Waals surface area contributed by atoms with E-state index in [-0.39, 0.29) is 38.4 Å². The molecule has 1 aliphatic heterocycles. The second-order valence-electron chi connectivity index (χ2n) is 2.90. The van der Waals surface area contributed by atoms with Gasteiger partial charge in [-0.2, -0.15) is 11.6 Å². The summed E-state index contributed by atoms with van der Waals surface area (Å²) in [7, 11) is 1.52. The zero-order chi connectivity index (χ0) is 11.6. The summed E-state index contributed by atoms with van der Waals surface area (Å²) in [5.74, 6) is -2.12. The Balaban J connectivity index is 0.00000225. The Morgan fingerprint density at radius 1 is 1.44 bits per heavy atom. The van der Waals surface area contributed by atoms with E-state index in [0.717, 1.165) is 6.92 Å². The van der Waals surface area contributed by atoms with Crippen LogP contribution < -0.4 is 5.43 Å². The van der Waals surface area contributed by atoms with Crippen LogP contribution >= 0.6 is 0 Å². The van der Waals surface area contributed by atoms with Crippen molar-refractivity contribution in [3.63, 3.8) is 0 Å². The van der Waals surface area contributed by atoms with Crippen LogP contribution in [-0.4, -0.2) is 35.4 Å². The summed E-state index contributed by atoms with van der Waals surface area (Å²) < 4.78 is 0. The van der Waals surface area contributed by atoms with Gasteiger partial charge in [0.15, 0.2) is 5.91 Å². The van der Waals surface area contributed by atoms with Crippen LogP contribution in [0.5, 0.6) is 0 Å². The number of carbonyl (C=O) groups is 3. The molecule has 0 saturated carbocycles. The van der Waals surface area contributed by atoms with E-state index in [0.29, 0.717) is 10.5 Å². The zero-order valence-electron chi connectivity index (χ0n) is 9.20. The van der Waals surface area contributed by atoms with Gasteiger partial charge in [0.25, 0.3) is 0 Å². The van der Waals surface area contributed by atoms with Crippen LogP contribution in [0, 0.1) is 6.08 Å². The van der Waals surface area contributed by atoms with Crippen LogP contribution in [0.4, 0.5) is 0 Å². The number of hydrogen-bond acceptors (Lipinski definition) is 5. The fraction of sp³-hybridized carbons (Fsp3) is 0.333. The van der Waals surface area contributed by atoms with Crippen LogP contribution in [0.25, 0.3) is 0 Å². The third-order valence-corrected chi connectivity index (χ3v) is 1.80. The van der Waals surface area contributed by atoms with Gasteiger partial charge in [-0.25, -0.2) is 4.90 Å². The van der Waals surface area contributed by atoms with Crippen molar-refractivity contribution in [1.82, 2.24) is 10.3 Å². The Labute approximate surface area is 118 Å². The summed E-state index contributed by atoms with van der Waals surface area (Å²) >= 11 is 0. The number of imide groups is 3. The summed E-state index contributed by atoms with van der Waals surface area (Å²) in [6.07, 6.45) is 2.37. The minimum Gasteiger partial charge on any atom is -0.330 e. The maximum Gasteiger partial charge on any atom is 0.230 e. The second kappa shape index (κ2) is 6.01. The molecule has 3 amide bonds. The summed E-state index contributed by atoms with van der Waals surface area (Å²) in [5, 5.41) is 3.68.